The van der Waals surface area contributed by atoms with Gasteiger partial charge in [-0.1, -0.05) is 0 Å². The summed E-state index contributed by atoms with van der Waals surface area (Å²) in [5.41, 5.74) is 0.210. The number of benzene rings is 1. The normalized spacial score (nSPS) is 14.9. The van der Waals surface area contributed by atoms with Gasteiger partial charge in [-0.25, -0.2) is 13.6 Å². The molecule has 0 bridgehead atoms. The van der Waals surface area contributed by atoms with Crippen molar-refractivity contribution >= 4 is 27.5 Å². The molecule has 1 aliphatic heterocycles. The first kappa shape index (κ1) is 16.9. The van der Waals surface area contributed by atoms with Crippen LogP contribution in [0.1, 0.15) is 0 Å². The van der Waals surface area contributed by atoms with Gasteiger partial charge >= 0.3 is 0 Å². The minimum Gasteiger partial charge on any atom is -0.495 e. The number of imide groups is 1. The Bertz CT molecular complexity index is 787. The van der Waals surface area contributed by atoms with Gasteiger partial charge in [0, 0.05) is 11.8 Å². The number of aliphatic hydroxyl groups is 1. The van der Waals surface area contributed by atoms with E-state index in [9.17, 15) is 18.0 Å². The fourth-order valence-corrected chi connectivity index (χ4v) is 2.77. The molecule has 0 aromatic heterocycles. The summed E-state index contributed by atoms with van der Waals surface area (Å²) in [6.45, 7) is -0.471. The van der Waals surface area contributed by atoms with Crippen LogP contribution in [0, 0.1) is 0 Å². The van der Waals surface area contributed by atoms with Gasteiger partial charge in [0.05, 0.1) is 20.3 Å². The number of nitrogens with one attached hydrogen (secondary N) is 1. The van der Waals surface area contributed by atoms with Gasteiger partial charge < -0.3 is 15.2 Å². The van der Waals surface area contributed by atoms with Crippen LogP contribution in [0.25, 0.3) is 0 Å². The highest BCUT2D eigenvalue weighted by Crippen LogP contribution is 2.27. The van der Waals surface area contributed by atoms with Crippen LogP contribution in [0.15, 0.2) is 34.9 Å². The lowest BCUT2D eigenvalue weighted by molar-refractivity contribution is -0.137. The summed E-state index contributed by atoms with van der Waals surface area (Å²) in [5.74, 6) is -1.12. The van der Waals surface area contributed by atoms with Crippen molar-refractivity contribution in [3.05, 3.63) is 30.0 Å². The molecule has 2 rings (SSSR count). The highest BCUT2D eigenvalue weighted by atomic mass is 32.2. The van der Waals surface area contributed by atoms with Gasteiger partial charge in [-0.2, -0.15) is 0 Å². The first-order chi connectivity index (χ1) is 10.8. The Morgan fingerprint density at radius 3 is 2.61 bits per heavy atom. The molecule has 0 saturated carbocycles. The van der Waals surface area contributed by atoms with E-state index in [-0.39, 0.29) is 35.2 Å². The zero-order chi connectivity index (χ0) is 17.2. The van der Waals surface area contributed by atoms with Crippen LogP contribution in [-0.2, 0) is 19.6 Å². The molecular weight excluding hydrogens is 326 g/mol. The van der Waals surface area contributed by atoms with E-state index in [2.05, 4.69) is 5.32 Å². The molecule has 4 N–H and O–H groups in total. The van der Waals surface area contributed by atoms with Crippen LogP contribution in [0.3, 0.4) is 0 Å². The summed E-state index contributed by atoms with van der Waals surface area (Å²) in [5, 5.41) is 16.6. The molecule has 0 aliphatic carbocycles. The zero-order valence-electron chi connectivity index (χ0n) is 12.1. The maximum absolute atomic E-state index is 12.0. The predicted molar refractivity (Wildman–Crippen MR) is 79.9 cm³/mol. The van der Waals surface area contributed by atoms with E-state index in [0.717, 1.165) is 11.0 Å². The summed E-state index contributed by atoms with van der Waals surface area (Å²) in [7, 11) is -2.73. The van der Waals surface area contributed by atoms with Gasteiger partial charge in [0.1, 0.15) is 16.3 Å². The van der Waals surface area contributed by atoms with Crippen molar-refractivity contribution in [2.45, 2.75) is 4.90 Å². The number of nitrogens with two attached hydrogens (primary N) is 1. The van der Waals surface area contributed by atoms with E-state index in [1.54, 1.807) is 0 Å². The fraction of sp³-hybridized carbons (Fsp3) is 0.231. The Morgan fingerprint density at radius 1 is 1.35 bits per heavy atom. The highest BCUT2D eigenvalue weighted by molar-refractivity contribution is 7.89. The maximum atomic E-state index is 12.0. The Kier molecular flexibility index (Phi) is 4.68. The number of hydrogen-bond acceptors (Lipinski definition) is 7. The zero-order valence-corrected chi connectivity index (χ0v) is 13.0. The second-order valence-electron chi connectivity index (χ2n) is 4.61. The number of sulfonamides is 1. The molecule has 0 unspecified atom stereocenters. The SMILES string of the molecule is COc1ccc(NC2=CC(=O)N(CCO)C2=O)cc1S(N)(=O)=O. The number of nitrogens with zero attached hydrogens (tertiary/aromatic N) is 1. The van der Waals surface area contributed by atoms with Crippen molar-refractivity contribution in [1.29, 1.82) is 0 Å². The minimum atomic E-state index is -4.03. The Hall–Kier alpha value is -2.43. The van der Waals surface area contributed by atoms with Gasteiger partial charge in [0.25, 0.3) is 11.8 Å². The number of anilines is 1. The van der Waals surface area contributed by atoms with E-state index in [4.69, 9.17) is 15.0 Å². The number of primary sulfonamides is 1. The summed E-state index contributed by atoms with van der Waals surface area (Å²) in [6.07, 6.45) is 1.07. The van der Waals surface area contributed by atoms with Gasteiger partial charge in [-0.05, 0) is 18.2 Å². The van der Waals surface area contributed by atoms with Crippen molar-refractivity contribution in [3.8, 4) is 5.75 Å². The van der Waals surface area contributed by atoms with Crippen molar-refractivity contribution in [3.63, 3.8) is 0 Å². The standard InChI is InChI=1S/C13H15N3O6S/c1-22-10-3-2-8(6-11(10)23(14,20)21)15-9-7-12(18)16(4-5-17)13(9)19/h2-3,6-7,15,17H,4-5H2,1H3,(H2,14,20,21). The number of rotatable bonds is 6. The van der Waals surface area contributed by atoms with Crippen molar-refractivity contribution in [1.82, 2.24) is 4.90 Å². The van der Waals surface area contributed by atoms with Crippen molar-refractivity contribution in [2.24, 2.45) is 5.14 Å². The third-order valence-corrected chi connectivity index (χ3v) is 4.01. The molecule has 10 heteroatoms. The first-order valence-electron chi connectivity index (χ1n) is 6.44. The molecule has 0 radical (unpaired) electrons. The lowest BCUT2D eigenvalue weighted by Crippen LogP contribution is -2.34. The molecule has 9 nitrogen and oxygen atoms in total. The smallest absolute Gasteiger partial charge is 0.277 e. The molecule has 2 amide bonds. The van der Waals surface area contributed by atoms with Gasteiger partial charge in [0.2, 0.25) is 10.0 Å². The van der Waals surface area contributed by atoms with Crippen LogP contribution in [-0.4, -0.2) is 50.5 Å². The van der Waals surface area contributed by atoms with Gasteiger partial charge in [-0.15, -0.1) is 0 Å². The lowest BCUT2D eigenvalue weighted by atomic mass is 10.3. The summed E-state index contributed by atoms with van der Waals surface area (Å²) >= 11 is 0. The summed E-state index contributed by atoms with van der Waals surface area (Å²) in [4.78, 5) is 24.3. The molecule has 0 spiro atoms. The Balaban J connectivity index is 2.30. The van der Waals surface area contributed by atoms with E-state index >= 15 is 0 Å². The van der Waals surface area contributed by atoms with Crippen molar-refractivity contribution < 1.29 is 27.9 Å². The topological polar surface area (TPSA) is 139 Å². The van der Waals surface area contributed by atoms with Crippen LogP contribution in [0.2, 0.25) is 0 Å². The Morgan fingerprint density at radius 2 is 2.04 bits per heavy atom. The van der Waals surface area contributed by atoms with E-state index in [1.165, 1.54) is 25.3 Å². The lowest BCUT2D eigenvalue weighted by Gasteiger charge is -2.14. The molecule has 0 atom stereocenters. The van der Waals surface area contributed by atoms with E-state index in [0.29, 0.717) is 0 Å². The number of amides is 2. The van der Waals surface area contributed by atoms with E-state index in [1.807, 2.05) is 0 Å². The first-order valence-corrected chi connectivity index (χ1v) is 7.99. The average Bonchev–Trinajstić information content (AvgIpc) is 2.74. The molecule has 124 valence electrons. The number of methoxy groups -OCH3 is 1. The van der Waals surface area contributed by atoms with Crippen LogP contribution in [0.4, 0.5) is 5.69 Å². The average molecular weight is 341 g/mol. The Labute approximate surface area is 132 Å². The minimum absolute atomic E-state index is 0.0333. The number of carbonyl (C=O) groups is 2. The van der Waals surface area contributed by atoms with Crippen LogP contribution >= 0.6 is 0 Å². The van der Waals surface area contributed by atoms with Crippen molar-refractivity contribution in [2.75, 3.05) is 25.6 Å². The molecule has 0 fully saturated rings. The fourth-order valence-electron chi connectivity index (χ4n) is 2.04. The molecule has 0 saturated heterocycles. The second-order valence-corrected chi connectivity index (χ2v) is 6.14. The molecule has 1 aromatic carbocycles. The largest absolute Gasteiger partial charge is 0.495 e. The summed E-state index contributed by atoms with van der Waals surface area (Å²) < 4.78 is 28.0. The maximum Gasteiger partial charge on any atom is 0.277 e. The van der Waals surface area contributed by atoms with Gasteiger partial charge in [-0.3, -0.25) is 14.5 Å². The van der Waals surface area contributed by atoms with E-state index < -0.39 is 21.8 Å². The predicted octanol–water partition coefficient (Wildman–Crippen LogP) is -1.00. The molecular formula is C13H15N3O6S. The number of aliphatic hydroxyl groups excluding tert-OH is 1. The summed E-state index contributed by atoms with van der Waals surface area (Å²) in [6, 6.07) is 4.04. The number of hydrogen-bond donors (Lipinski definition) is 3. The third-order valence-electron chi connectivity index (χ3n) is 3.08. The van der Waals surface area contributed by atoms with Crippen LogP contribution in [0.5, 0.6) is 5.75 Å². The molecule has 1 aromatic rings. The number of β-amino-alcohol motifs (C(OH)–C–C–N with tert-alkyl or cyclic N) is 1. The molecule has 1 heterocycles. The molecule has 23 heavy (non-hydrogen) atoms. The second kappa shape index (κ2) is 6.36. The number of carbonyl (C=O) groups excluding carboxylic acids is 2. The highest BCUT2D eigenvalue weighted by Gasteiger charge is 2.30. The molecule has 1 aliphatic rings. The monoisotopic (exact) mass is 341 g/mol. The van der Waals surface area contributed by atoms with Crippen LogP contribution < -0.4 is 15.2 Å². The third kappa shape index (κ3) is 3.50. The van der Waals surface area contributed by atoms with Gasteiger partial charge in [0.15, 0.2) is 0 Å². The quantitative estimate of drug-likeness (QED) is 0.564. The number of ether oxygens (including phenoxy) is 1.